The molecular weight excluding hydrogens is 319 g/mol. The lowest BCUT2D eigenvalue weighted by Gasteiger charge is -2.09. The van der Waals surface area contributed by atoms with Crippen molar-refractivity contribution >= 4 is 23.4 Å². The second-order valence-corrected chi connectivity index (χ2v) is 4.88. The van der Waals surface area contributed by atoms with E-state index in [-0.39, 0.29) is 17.4 Å². The predicted octanol–water partition coefficient (Wildman–Crippen LogP) is 3.11. The Kier molecular flexibility index (Phi) is 5.21. The summed E-state index contributed by atoms with van der Waals surface area (Å²) < 4.78 is 39.8. The largest absolute Gasteiger partial charge is 0.573 e. The molecule has 9 heteroatoms. The molecule has 0 aliphatic rings. The van der Waals surface area contributed by atoms with Gasteiger partial charge in [-0.3, -0.25) is 4.79 Å². The molecule has 5 nitrogen and oxygen atoms in total. The van der Waals surface area contributed by atoms with Crippen LogP contribution in [0.5, 0.6) is 5.75 Å². The zero-order chi connectivity index (χ0) is 16.0. The number of ether oxygens (including phenoxy) is 1. The predicted molar refractivity (Wildman–Crippen MR) is 74.5 cm³/mol. The fraction of sp³-hybridized carbons (Fsp3) is 0.154. The van der Waals surface area contributed by atoms with Crippen LogP contribution >= 0.6 is 11.8 Å². The normalized spacial score (nSPS) is 11.0. The average Bonchev–Trinajstić information content (AvgIpc) is 2.47. The van der Waals surface area contributed by atoms with Crippen molar-refractivity contribution in [2.24, 2.45) is 0 Å². The minimum absolute atomic E-state index is 0.0881. The third-order valence-electron chi connectivity index (χ3n) is 2.25. The van der Waals surface area contributed by atoms with Crippen LogP contribution in [0.3, 0.4) is 0 Å². The van der Waals surface area contributed by atoms with Crippen molar-refractivity contribution in [3.05, 3.63) is 42.7 Å². The highest BCUT2D eigenvalue weighted by molar-refractivity contribution is 7.99. The lowest BCUT2D eigenvalue weighted by molar-refractivity contribution is -0.274. The molecule has 0 radical (unpaired) electrons. The summed E-state index contributed by atoms with van der Waals surface area (Å²) in [6.45, 7) is 0. The summed E-state index contributed by atoms with van der Waals surface area (Å²) in [5.41, 5.74) is 0.370. The van der Waals surface area contributed by atoms with Crippen molar-refractivity contribution in [1.29, 1.82) is 0 Å². The van der Waals surface area contributed by atoms with Gasteiger partial charge >= 0.3 is 6.36 Å². The molecule has 1 N–H and O–H groups in total. The zero-order valence-corrected chi connectivity index (χ0v) is 11.8. The average molecular weight is 329 g/mol. The molecule has 0 aliphatic carbocycles. The summed E-state index contributed by atoms with van der Waals surface area (Å²) in [5, 5.41) is 3.01. The van der Waals surface area contributed by atoms with E-state index in [4.69, 9.17) is 0 Å². The molecule has 2 aromatic rings. The number of anilines is 1. The number of amides is 1. The Hall–Kier alpha value is -2.29. The first kappa shape index (κ1) is 16.1. The zero-order valence-electron chi connectivity index (χ0n) is 11.0. The first-order valence-electron chi connectivity index (χ1n) is 5.98. The van der Waals surface area contributed by atoms with Gasteiger partial charge in [0, 0.05) is 18.1 Å². The van der Waals surface area contributed by atoms with E-state index in [1.807, 2.05) is 0 Å². The van der Waals surface area contributed by atoms with Crippen LogP contribution in [-0.2, 0) is 4.79 Å². The first-order chi connectivity index (χ1) is 10.4. The summed E-state index contributed by atoms with van der Waals surface area (Å²) in [7, 11) is 0. The molecule has 0 fully saturated rings. The number of hydrogen-bond acceptors (Lipinski definition) is 5. The Morgan fingerprint density at radius 2 is 1.82 bits per heavy atom. The number of nitrogens with zero attached hydrogens (tertiary/aromatic N) is 2. The molecule has 0 spiro atoms. The van der Waals surface area contributed by atoms with Crippen LogP contribution in [0.4, 0.5) is 18.9 Å². The molecule has 1 amide bonds. The number of benzene rings is 1. The first-order valence-corrected chi connectivity index (χ1v) is 6.96. The van der Waals surface area contributed by atoms with Crippen LogP contribution in [0.15, 0.2) is 47.9 Å². The maximum Gasteiger partial charge on any atom is 0.573 e. The minimum atomic E-state index is -4.74. The maximum absolute atomic E-state index is 12.0. The number of alkyl halides is 3. The number of aromatic nitrogens is 2. The number of halogens is 3. The smallest absolute Gasteiger partial charge is 0.406 e. The Morgan fingerprint density at radius 3 is 2.41 bits per heavy atom. The van der Waals surface area contributed by atoms with E-state index in [2.05, 4.69) is 20.0 Å². The summed E-state index contributed by atoms with van der Waals surface area (Å²) in [4.78, 5) is 19.6. The Bertz CT molecular complexity index is 621. The van der Waals surface area contributed by atoms with Gasteiger partial charge in [-0.15, -0.1) is 13.2 Å². The van der Waals surface area contributed by atoms with Crippen molar-refractivity contribution in [2.75, 3.05) is 11.1 Å². The summed E-state index contributed by atoms with van der Waals surface area (Å²) in [6, 6.07) is 6.55. The lowest BCUT2D eigenvalue weighted by atomic mass is 10.3. The van der Waals surface area contributed by atoms with Crippen molar-refractivity contribution < 1.29 is 22.7 Å². The standard InChI is InChI=1S/C13H10F3N3O2S/c14-13(15,16)21-10-4-2-9(3-5-10)19-11(20)8-22-12-17-6-1-7-18-12/h1-7H,8H2,(H,19,20). The van der Waals surface area contributed by atoms with E-state index >= 15 is 0 Å². The highest BCUT2D eigenvalue weighted by atomic mass is 32.2. The topological polar surface area (TPSA) is 64.1 Å². The van der Waals surface area contributed by atoms with Gasteiger partial charge < -0.3 is 10.1 Å². The molecule has 0 unspecified atom stereocenters. The third kappa shape index (κ3) is 5.60. The number of carbonyl (C=O) groups excluding carboxylic acids is 1. The van der Waals surface area contributed by atoms with Crippen LogP contribution in [0.2, 0.25) is 0 Å². The van der Waals surface area contributed by atoms with Gasteiger partial charge in [0.15, 0.2) is 5.16 Å². The second-order valence-electron chi connectivity index (χ2n) is 3.94. The van der Waals surface area contributed by atoms with Gasteiger partial charge in [-0.25, -0.2) is 9.97 Å². The number of carbonyl (C=O) groups is 1. The molecular formula is C13H10F3N3O2S. The van der Waals surface area contributed by atoms with E-state index in [9.17, 15) is 18.0 Å². The molecule has 116 valence electrons. The van der Waals surface area contributed by atoms with Gasteiger partial charge in [0.05, 0.1) is 5.75 Å². The van der Waals surface area contributed by atoms with E-state index in [0.29, 0.717) is 10.8 Å². The SMILES string of the molecule is O=C(CSc1ncccn1)Nc1ccc(OC(F)(F)F)cc1. The van der Waals surface area contributed by atoms with E-state index in [1.54, 1.807) is 18.5 Å². The molecule has 0 bridgehead atoms. The van der Waals surface area contributed by atoms with Crippen LogP contribution in [-0.4, -0.2) is 28.0 Å². The van der Waals surface area contributed by atoms with Crippen molar-refractivity contribution in [2.45, 2.75) is 11.5 Å². The van der Waals surface area contributed by atoms with Crippen molar-refractivity contribution in [3.63, 3.8) is 0 Å². The number of nitrogens with one attached hydrogen (secondary N) is 1. The van der Waals surface area contributed by atoms with Gasteiger partial charge in [0.1, 0.15) is 5.75 Å². The van der Waals surface area contributed by atoms with E-state index < -0.39 is 6.36 Å². The molecule has 0 saturated heterocycles. The molecule has 22 heavy (non-hydrogen) atoms. The minimum Gasteiger partial charge on any atom is -0.406 e. The molecule has 0 saturated carbocycles. The third-order valence-corrected chi connectivity index (χ3v) is 3.12. The summed E-state index contributed by atoms with van der Waals surface area (Å²) in [5.74, 6) is -0.579. The number of rotatable bonds is 5. The van der Waals surface area contributed by atoms with Gasteiger partial charge in [0.25, 0.3) is 0 Å². The van der Waals surface area contributed by atoms with Gasteiger partial charge in [-0.05, 0) is 30.3 Å². The Morgan fingerprint density at radius 1 is 1.18 bits per heavy atom. The van der Waals surface area contributed by atoms with Crippen LogP contribution in [0.25, 0.3) is 0 Å². The summed E-state index contributed by atoms with van der Waals surface area (Å²) in [6.07, 6.45) is -1.61. The van der Waals surface area contributed by atoms with Crippen LogP contribution in [0.1, 0.15) is 0 Å². The van der Waals surface area contributed by atoms with Gasteiger partial charge in [-0.2, -0.15) is 0 Å². The van der Waals surface area contributed by atoms with Crippen LogP contribution in [0, 0.1) is 0 Å². The lowest BCUT2D eigenvalue weighted by Crippen LogP contribution is -2.17. The van der Waals surface area contributed by atoms with Gasteiger partial charge in [0.2, 0.25) is 5.91 Å². The van der Waals surface area contributed by atoms with Crippen molar-refractivity contribution in [3.8, 4) is 5.75 Å². The molecule has 0 atom stereocenters. The van der Waals surface area contributed by atoms with Crippen molar-refractivity contribution in [1.82, 2.24) is 9.97 Å². The highest BCUT2D eigenvalue weighted by Crippen LogP contribution is 2.24. The molecule has 1 heterocycles. The Balaban J connectivity index is 1.84. The van der Waals surface area contributed by atoms with Gasteiger partial charge in [-0.1, -0.05) is 11.8 Å². The molecule has 1 aromatic heterocycles. The maximum atomic E-state index is 12.0. The van der Waals surface area contributed by atoms with E-state index in [0.717, 1.165) is 23.9 Å². The van der Waals surface area contributed by atoms with E-state index in [1.165, 1.54) is 12.1 Å². The molecule has 1 aromatic carbocycles. The number of thioether (sulfide) groups is 1. The fourth-order valence-corrected chi connectivity index (χ4v) is 2.03. The number of hydrogen-bond donors (Lipinski definition) is 1. The fourth-order valence-electron chi connectivity index (χ4n) is 1.43. The summed E-state index contributed by atoms with van der Waals surface area (Å²) >= 11 is 1.15. The second kappa shape index (κ2) is 7.12. The van der Waals surface area contributed by atoms with Crippen LogP contribution < -0.4 is 10.1 Å². The molecule has 2 rings (SSSR count). The monoisotopic (exact) mass is 329 g/mol. The highest BCUT2D eigenvalue weighted by Gasteiger charge is 2.30. The quantitative estimate of drug-likeness (QED) is 0.674. The Labute approximate surface area is 127 Å². The molecule has 0 aliphatic heterocycles.